The van der Waals surface area contributed by atoms with Crippen LogP contribution in [0.4, 0.5) is 14.5 Å². The van der Waals surface area contributed by atoms with Crippen molar-refractivity contribution in [3.05, 3.63) is 48.3 Å². The fraction of sp³-hybridized carbons (Fsp3) is 0.429. The van der Waals surface area contributed by atoms with Gasteiger partial charge >= 0.3 is 6.01 Å². The van der Waals surface area contributed by atoms with Crippen molar-refractivity contribution in [2.24, 2.45) is 5.92 Å². The molecule has 2 aromatic rings. The zero-order chi connectivity index (χ0) is 21.1. The van der Waals surface area contributed by atoms with Gasteiger partial charge in [-0.1, -0.05) is 0 Å². The quantitative estimate of drug-likeness (QED) is 0.810. The molecule has 1 unspecified atom stereocenters. The van der Waals surface area contributed by atoms with Crippen LogP contribution in [0.15, 0.2) is 36.7 Å². The van der Waals surface area contributed by atoms with Gasteiger partial charge in [-0.05, 0) is 49.9 Å². The number of ether oxygens (including phenoxy) is 1. The van der Waals surface area contributed by atoms with E-state index in [1.165, 1.54) is 17.0 Å². The van der Waals surface area contributed by atoms with Crippen LogP contribution in [0.2, 0.25) is 0 Å². The Bertz CT molecular complexity index is 899. The zero-order valence-electron chi connectivity index (χ0n) is 16.3. The Balaban J connectivity index is 1.25. The average Bonchev–Trinajstić information content (AvgIpc) is 3.13. The number of benzene rings is 1. The van der Waals surface area contributed by atoms with Gasteiger partial charge in [0.25, 0.3) is 0 Å². The molecule has 2 amide bonds. The lowest BCUT2D eigenvalue weighted by Gasteiger charge is -2.29. The lowest BCUT2D eigenvalue weighted by Crippen LogP contribution is -2.43. The highest BCUT2D eigenvalue weighted by molar-refractivity contribution is 6.00. The molecule has 9 heteroatoms. The molecular formula is C21H22F2N4O3. The Morgan fingerprint density at radius 2 is 1.70 bits per heavy atom. The summed E-state index contributed by atoms with van der Waals surface area (Å²) in [5, 5.41) is 3.04. The number of rotatable bonds is 5. The Morgan fingerprint density at radius 1 is 1.03 bits per heavy atom. The lowest BCUT2D eigenvalue weighted by molar-refractivity contribution is -0.127. The smallest absolute Gasteiger partial charge is 0.316 e. The summed E-state index contributed by atoms with van der Waals surface area (Å²) < 4.78 is 31.6. The van der Waals surface area contributed by atoms with Crippen molar-refractivity contribution in [1.82, 2.24) is 15.3 Å². The van der Waals surface area contributed by atoms with Gasteiger partial charge in [-0.3, -0.25) is 9.59 Å². The van der Waals surface area contributed by atoms with Gasteiger partial charge in [-0.15, -0.1) is 0 Å². The first-order valence-corrected chi connectivity index (χ1v) is 9.98. The summed E-state index contributed by atoms with van der Waals surface area (Å²) in [5.74, 6) is -1.59. The van der Waals surface area contributed by atoms with Crippen LogP contribution in [-0.2, 0) is 9.59 Å². The number of aromatic nitrogens is 2. The van der Waals surface area contributed by atoms with Crippen LogP contribution in [0.3, 0.4) is 0 Å². The predicted octanol–water partition coefficient (Wildman–Crippen LogP) is 2.61. The Labute approximate surface area is 172 Å². The molecule has 1 atom stereocenters. The van der Waals surface area contributed by atoms with E-state index in [1.807, 2.05) is 0 Å². The second kappa shape index (κ2) is 8.73. The molecule has 2 heterocycles. The minimum atomic E-state index is -0.517. The minimum Gasteiger partial charge on any atom is -0.460 e. The van der Waals surface area contributed by atoms with E-state index in [-0.39, 0.29) is 48.8 Å². The Kier molecular flexibility index (Phi) is 5.87. The second-order valence-electron chi connectivity index (χ2n) is 7.67. The number of carbonyl (C=O) groups excluding carboxylic acids is 2. The fourth-order valence-electron chi connectivity index (χ4n) is 3.91. The molecule has 0 bridgehead atoms. The van der Waals surface area contributed by atoms with E-state index in [1.54, 1.807) is 12.1 Å². The van der Waals surface area contributed by atoms with E-state index < -0.39 is 11.7 Å². The van der Waals surface area contributed by atoms with Crippen LogP contribution in [0.5, 0.6) is 6.01 Å². The van der Waals surface area contributed by atoms with Crippen LogP contribution < -0.4 is 15.0 Å². The van der Waals surface area contributed by atoms with Crippen LogP contribution >= 0.6 is 0 Å². The van der Waals surface area contributed by atoms with Gasteiger partial charge in [0.15, 0.2) is 5.82 Å². The molecule has 1 saturated heterocycles. The van der Waals surface area contributed by atoms with E-state index in [4.69, 9.17) is 4.74 Å². The number of amides is 2. The Hall–Kier alpha value is -3.10. The van der Waals surface area contributed by atoms with Gasteiger partial charge in [0.05, 0.1) is 18.3 Å². The Morgan fingerprint density at radius 3 is 2.37 bits per heavy atom. The largest absolute Gasteiger partial charge is 0.460 e. The van der Waals surface area contributed by atoms with Crippen molar-refractivity contribution in [2.75, 3.05) is 11.4 Å². The van der Waals surface area contributed by atoms with Crippen molar-refractivity contribution in [1.29, 1.82) is 0 Å². The zero-order valence-corrected chi connectivity index (χ0v) is 16.3. The second-order valence-corrected chi connectivity index (χ2v) is 7.67. The molecule has 0 radical (unpaired) electrons. The summed E-state index contributed by atoms with van der Waals surface area (Å²) in [7, 11) is 0. The molecular weight excluding hydrogens is 394 g/mol. The predicted molar refractivity (Wildman–Crippen MR) is 104 cm³/mol. The number of nitrogens with one attached hydrogen (secondary N) is 1. The highest BCUT2D eigenvalue weighted by Gasteiger charge is 2.36. The van der Waals surface area contributed by atoms with Gasteiger partial charge < -0.3 is 15.0 Å². The number of hydrogen-bond donors (Lipinski definition) is 1. The summed E-state index contributed by atoms with van der Waals surface area (Å²) in [6.07, 6.45) is 5.10. The number of hydrogen-bond acceptors (Lipinski definition) is 5. The van der Waals surface area contributed by atoms with Crippen LogP contribution in [0, 0.1) is 17.6 Å². The summed E-state index contributed by atoms with van der Waals surface area (Å²) in [4.78, 5) is 34.1. The molecule has 158 valence electrons. The molecule has 4 rings (SSSR count). The highest BCUT2D eigenvalue weighted by Crippen LogP contribution is 2.27. The molecule has 1 aromatic heterocycles. The normalized spacial score (nSPS) is 24.0. The fourth-order valence-corrected chi connectivity index (χ4v) is 3.91. The van der Waals surface area contributed by atoms with Crippen molar-refractivity contribution >= 4 is 17.5 Å². The minimum absolute atomic E-state index is 0.0152. The van der Waals surface area contributed by atoms with Crippen molar-refractivity contribution in [2.45, 2.75) is 44.2 Å². The number of halogens is 2. The third-order valence-corrected chi connectivity index (χ3v) is 5.52. The first-order chi connectivity index (χ1) is 14.5. The molecule has 7 nitrogen and oxygen atoms in total. The van der Waals surface area contributed by atoms with E-state index >= 15 is 0 Å². The van der Waals surface area contributed by atoms with Crippen LogP contribution in [0.1, 0.15) is 32.1 Å². The first kappa shape index (κ1) is 20.2. The maximum absolute atomic E-state index is 13.1. The van der Waals surface area contributed by atoms with Gasteiger partial charge in [-0.2, -0.15) is 0 Å². The number of carbonyl (C=O) groups is 2. The molecule has 1 aromatic carbocycles. The molecule has 2 aliphatic rings. The molecule has 1 N–H and O–H groups in total. The third-order valence-electron chi connectivity index (χ3n) is 5.52. The van der Waals surface area contributed by atoms with Crippen molar-refractivity contribution in [3.8, 4) is 6.01 Å². The molecule has 30 heavy (non-hydrogen) atoms. The average molecular weight is 416 g/mol. The number of anilines is 1. The SMILES string of the molecule is O=C(NC1CCC(Oc2ncc(F)cn2)CC1)C1CC(=O)N(c2ccc(F)cc2)C1. The van der Waals surface area contributed by atoms with Crippen LogP contribution in [0.25, 0.3) is 0 Å². The maximum Gasteiger partial charge on any atom is 0.316 e. The van der Waals surface area contributed by atoms with E-state index in [0.717, 1.165) is 38.1 Å². The standard InChI is InChI=1S/C21H22F2N4O3/c22-14-1-5-17(6-2-14)27-12-13(9-19(27)28)20(29)26-16-3-7-18(8-4-16)30-21-24-10-15(23)11-25-21/h1-2,5-6,10-11,13,16,18H,3-4,7-9,12H2,(H,26,29). The van der Waals surface area contributed by atoms with E-state index in [2.05, 4.69) is 15.3 Å². The number of nitrogens with zero attached hydrogens (tertiary/aromatic N) is 3. The van der Waals surface area contributed by atoms with Gasteiger partial charge in [0, 0.05) is 24.7 Å². The van der Waals surface area contributed by atoms with Gasteiger partial charge in [0.1, 0.15) is 11.9 Å². The summed E-state index contributed by atoms with van der Waals surface area (Å²) in [5.41, 5.74) is 0.595. The van der Waals surface area contributed by atoms with Gasteiger partial charge in [-0.25, -0.2) is 18.7 Å². The molecule has 0 spiro atoms. The first-order valence-electron chi connectivity index (χ1n) is 9.98. The third kappa shape index (κ3) is 4.72. The van der Waals surface area contributed by atoms with Crippen molar-refractivity contribution in [3.63, 3.8) is 0 Å². The van der Waals surface area contributed by atoms with Crippen LogP contribution in [-0.4, -0.2) is 40.5 Å². The molecule has 1 aliphatic heterocycles. The van der Waals surface area contributed by atoms with E-state index in [9.17, 15) is 18.4 Å². The maximum atomic E-state index is 13.1. The highest BCUT2D eigenvalue weighted by atomic mass is 19.1. The van der Waals surface area contributed by atoms with Crippen molar-refractivity contribution < 1.29 is 23.1 Å². The van der Waals surface area contributed by atoms with Gasteiger partial charge in [0.2, 0.25) is 11.8 Å². The monoisotopic (exact) mass is 416 g/mol. The summed E-state index contributed by atoms with van der Waals surface area (Å²) in [6.45, 7) is 0.288. The lowest BCUT2D eigenvalue weighted by atomic mass is 9.92. The summed E-state index contributed by atoms with van der Waals surface area (Å²) in [6, 6.07) is 5.84. The summed E-state index contributed by atoms with van der Waals surface area (Å²) >= 11 is 0. The topological polar surface area (TPSA) is 84.4 Å². The van der Waals surface area contributed by atoms with E-state index in [0.29, 0.717) is 5.69 Å². The molecule has 2 fully saturated rings. The molecule has 1 aliphatic carbocycles. The molecule has 1 saturated carbocycles.